The second kappa shape index (κ2) is 21.4. The smallest absolute Gasteiger partial charge is 0.330 e. The van der Waals surface area contributed by atoms with E-state index >= 15 is 0 Å². The van der Waals surface area contributed by atoms with Gasteiger partial charge in [-0.25, -0.2) is 4.79 Å². The predicted octanol–water partition coefficient (Wildman–Crippen LogP) is -2.62. The van der Waals surface area contributed by atoms with E-state index in [1.54, 1.807) is 6.07 Å². The summed E-state index contributed by atoms with van der Waals surface area (Å²) in [6, 6.07) is 10.6. The summed E-state index contributed by atoms with van der Waals surface area (Å²) in [7, 11) is 2.64. The van der Waals surface area contributed by atoms with Crippen LogP contribution in [0.25, 0.3) is 12.2 Å². The molecule has 0 spiro atoms. The van der Waals surface area contributed by atoms with Crippen LogP contribution in [0.3, 0.4) is 0 Å². The summed E-state index contributed by atoms with van der Waals surface area (Å²) in [5.41, 5.74) is 0.553. The summed E-state index contributed by atoms with van der Waals surface area (Å²) in [6.45, 7) is -2.39. The molecule has 0 aromatic heterocycles. The van der Waals surface area contributed by atoms with Crippen molar-refractivity contribution < 1.29 is 119 Å². The molecule has 0 bridgehead atoms. The molecule has 4 heterocycles. The number of esters is 1. The Labute approximate surface area is 385 Å². The molecule has 3 saturated heterocycles. The van der Waals surface area contributed by atoms with E-state index in [9.17, 15) is 71.2 Å². The van der Waals surface area contributed by atoms with E-state index in [1.807, 2.05) is 0 Å². The molecule has 372 valence electrons. The number of aliphatic hydroxyl groups excluding tert-OH is 10. The molecular formula is C44H52O24. The van der Waals surface area contributed by atoms with Crippen LogP contribution in [0.5, 0.6) is 40.2 Å². The highest BCUT2D eigenvalue weighted by Gasteiger charge is 2.53. The number of phenols is 3. The molecule has 0 amide bonds. The maximum absolute atomic E-state index is 12.9. The lowest BCUT2D eigenvalue weighted by molar-refractivity contribution is -0.364. The minimum absolute atomic E-state index is 0.0326. The number of aromatic hydroxyl groups is 3. The first-order valence-electron chi connectivity index (χ1n) is 20.9. The molecule has 7 rings (SSSR count). The van der Waals surface area contributed by atoms with Crippen LogP contribution in [0.1, 0.15) is 22.8 Å². The molecule has 13 N–H and O–H groups in total. The van der Waals surface area contributed by atoms with Gasteiger partial charge in [0, 0.05) is 23.8 Å². The molecule has 4 aliphatic rings. The van der Waals surface area contributed by atoms with Crippen molar-refractivity contribution in [2.24, 2.45) is 0 Å². The number of benzene rings is 3. The van der Waals surface area contributed by atoms with Gasteiger partial charge in [-0.3, -0.25) is 0 Å². The van der Waals surface area contributed by atoms with Crippen molar-refractivity contribution in [3.8, 4) is 40.2 Å². The molecule has 4 aliphatic heterocycles. The zero-order chi connectivity index (χ0) is 49.1. The summed E-state index contributed by atoms with van der Waals surface area (Å²) in [6.07, 6.45) is -25.1. The van der Waals surface area contributed by atoms with Gasteiger partial charge in [0.15, 0.2) is 41.5 Å². The van der Waals surface area contributed by atoms with E-state index in [-0.39, 0.29) is 51.4 Å². The first-order valence-corrected chi connectivity index (χ1v) is 20.9. The van der Waals surface area contributed by atoms with Crippen LogP contribution in [0.2, 0.25) is 0 Å². The quantitative estimate of drug-likeness (QED) is 0.0548. The van der Waals surface area contributed by atoms with Gasteiger partial charge < -0.3 is 114 Å². The number of rotatable bonds is 15. The lowest BCUT2D eigenvalue weighted by Gasteiger charge is -2.46. The van der Waals surface area contributed by atoms with E-state index in [0.29, 0.717) is 5.56 Å². The Kier molecular flexibility index (Phi) is 15.8. The molecule has 0 radical (unpaired) electrons. The first kappa shape index (κ1) is 50.3. The Morgan fingerprint density at radius 1 is 0.632 bits per heavy atom. The standard InChI is InChI=1S/C44H52O24/c1-59-23-7-3-17(9-22(23)49)4-8-31(50)61-16-30-34(53)37(56)41(68-43-39(58)36(55)33(52)29(15-46)66-43)44(67-30)64-27-13-20-24(62-40(27)18-5-6-21(48)26(10-18)60-2)11-19(47)12-25(20)63-42-38(57)35(54)32(51)28(14-45)65-42/h3-13,28-30,32-49,51-58H,14-16H2,1-2H3/b8-4+/t28-,29-,30-,32-,33-,34-,35+,36+,37+,38-,39-,40?,41-,42-,43+,44-/m1/s1. The second-order valence-corrected chi connectivity index (χ2v) is 16.0. The fraction of sp³-hybridized carbons (Fsp3) is 0.477. The maximum atomic E-state index is 12.9. The van der Waals surface area contributed by atoms with Gasteiger partial charge in [0.25, 0.3) is 0 Å². The van der Waals surface area contributed by atoms with Gasteiger partial charge in [0.2, 0.25) is 12.6 Å². The van der Waals surface area contributed by atoms with Crippen LogP contribution < -0.4 is 18.9 Å². The van der Waals surface area contributed by atoms with E-state index < -0.39 is 130 Å². The molecule has 0 aliphatic carbocycles. The minimum atomic E-state index is -2.06. The molecule has 1 unspecified atom stereocenters. The minimum Gasteiger partial charge on any atom is -0.508 e. The number of hydrogen-bond donors (Lipinski definition) is 13. The highest BCUT2D eigenvalue weighted by molar-refractivity contribution is 5.87. The van der Waals surface area contributed by atoms with Crippen LogP contribution in [0, 0.1) is 0 Å². The van der Waals surface area contributed by atoms with Crippen LogP contribution in [0.4, 0.5) is 0 Å². The summed E-state index contributed by atoms with van der Waals surface area (Å²) >= 11 is 0. The van der Waals surface area contributed by atoms with Crippen molar-refractivity contribution in [2.75, 3.05) is 34.0 Å². The van der Waals surface area contributed by atoms with Crippen molar-refractivity contribution in [1.82, 2.24) is 0 Å². The normalized spacial score (nSPS) is 33.7. The molecule has 16 atom stereocenters. The average Bonchev–Trinajstić information content (AvgIpc) is 3.32. The third kappa shape index (κ3) is 10.5. The monoisotopic (exact) mass is 964 g/mol. The van der Waals surface area contributed by atoms with Crippen molar-refractivity contribution >= 4 is 18.1 Å². The molecule has 3 fully saturated rings. The molecule has 24 heteroatoms. The predicted molar refractivity (Wildman–Crippen MR) is 224 cm³/mol. The highest BCUT2D eigenvalue weighted by atomic mass is 16.8. The molecule has 3 aromatic carbocycles. The lowest BCUT2D eigenvalue weighted by Crippen LogP contribution is -2.64. The average molecular weight is 965 g/mol. The van der Waals surface area contributed by atoms with Gasteiger partial charge in [0.1, 0.15) is 96.8 Å². The number of ether oxygens (including phenoxy) is 10. The third-order valence-corrected chi connectivity index (χ3v) is 11.5. The molecule has 24 nitrogen and oxygen atoms in total. The topological polar surface area (TPSA) is 372 Å². The zero-order valence-corrected chi connectivity index (χ0v) is 36.0. The Hall–Kier alpha value is -5.55. The SMILES string of the molecule is COc1ccc(/C=C/C(=O)OC[C@H]2O[C@@H](OC3=Cc4c(cc(O)cc4O[C@@H]4O[C@H](CO)[C@@H](O)[C@H](O)[C@H]4O)OC3c3ccc(O)c(OC)c3)[C@H](O[C@@H]3O[C@H](CO)[C@@H](O)[C@H](O)[C@H]3O)[C@@H](O)[C@@H]2O)cc1O. The van der Waals surface area contributed by atoms with Gasteiger partial charge in [-0.2, -0.15) is 0 Å². The van der Waals surface area contributed by atoms with Crippen molar-refractivity contribution in [3.63, 3.8) is 0 Å². The fourth-order valence-corrected chi connectivity index (χ4v) is 7.74. The summed E-state index contributed by atoms with van der Waals surface area (Å²) in [5.74, 6) is -2.38. The lowest BCUT2D eigenvalue weighted by atomic mass is 9.97. The number of carbonyl (C=O) groups excluding carboxylic acids is 1. The Morgan fingerprint density at radius 2 is 1.26 bits per heavy atom. The van der Waals surface area contributed by atoms with E-state index in [0.717, 1.165) is 12.1 Å². The maximum Gasteiger partial charge on any atom is 0.330 e. The van der Waals surface area contributed by atoms with Gasteiger partial charge >= 0.3 is 5.97 Å². The molecular weight excluding hydrogens is 912 g/mol. The summed E-state index contributed by atoms with van der Waals surface area (Å²) < 4.78 is 57.5. The van der Waals surface area contributed by atoms with Gasteiger partial charge in [-0.05, 0) is 42.0 Å². The van der Waals surface area contributed by atoms with Crippen LogP contribution in [-0.4, -0.2) is 199 Å². The molecule has 68 heavy (non-hydrogen) atoms. The van der Waals surface area contributed by atoms with Gasteiger partial charge in [-0.1, -0.05) is 12.1 Å². The summed E-state index contributed by atoms with van der Waals surface area (Å²) in [4.78, 5) is 12.9. The van der Waals surface area contributed by atoms with E-state index in [1.165, 1.54) is 62.8 Å². The number of phenolic OH excluding ortho intramolecular Hbond substituents is 3. The van der Waals surface area contributed by atoms with Crippen LogP contribution in [0.15, 0.2) is 60.4 Å². The molecule has 0 saturated carbocycles. The largest absolute Gasteiger partial charge is 0.508 e. The Bertz CT molecular complexity index is 2290. The number of methoxy groups -OCH3 is 2. The van der Waals surface area contributed by atoms with E-state index in [2.05, 4.69) is 0 Å². The zero-order valence-electron chi connectivity index (χ0n) is 36.0. The number of fused-ring (bicyclic) bond motifs is 1. The van der Waals surface area contributed by atoms with Crippen molar-refractivity contribution in [3.05, 3.63) is 77.1 Å². The Morgan fingerprint density at radius 3 is 1.91 bits per heavy atom. The number of hydrogen-bond acceptors (Lipinski definition) is 24. The number of aliphatic hydroxyl groups is 10. The second-order valence-electron chi connectivity index (χ2n) is 16.0. The van der Waals surface area contributed by atoms with Crippen molar-refractivity contribution in [2.45, 2.75) is 98.2 Å². The third-order valence-electron chi connectivity index (χ3n) is 11.5. The highest BCUT2D eigenvalue weighted by Crippen LogP contribution is 2.47. The van der Waals surface area contributed by atoms with Gasteiger partial charge in [-0.15, -0.1) is 0 Å². The first-order chi connectivity index (χ1) is 32.5. The van der Waals surface area contributed by atoms with Crippen LogP contribution >= 0.6 is 0 Å². The van der Waals surface area contributed by atoms with Crippen molar-refractivity contribution in [1.29, 1.82) is 0 Å². The summed E-state index contributed by atoms with van der Waals surface area (Å²) in [5, 5.41) is 138. The number of carbonyl (C=O) groups is 1. The molecule has 3 aromatic rings. The van der Waals surface area contributed by atoms with Crippen LogP contribution in [-0.2, 0) is 33.2 Å². The Balaban J connectivity index is 1.25. The fourth-order valence-electron chi connectivity index (χ4n) is 7.74. The van der Waals surface area contributed by atoms with E-state index in [4.69, 9.17) is 47.4 Å². The van der Waals surface area contributed by atoms with Gasteiger partial charge in [0.05, 0.1) is 33.0 Å².